The van der Waals surface area contributed by atoms with E-state index in [9.17, 15) is 4.79 Å². The van der Waals surface area contributed by atoms with Gasteiger partial charge in [-0.1, -0.05) is 26.7 Å². The van der Waals surface area contributed by atoms with Crippen LogP contribution in [0.2, 0.25) is 0 Å². The van der Waals surface area contributed by atoms with Crippen LogP contribution in [0, 0.1) is 5.41 Å². The highest BCUT2D eigenvalue weighted by atomic mass is 16.2. The van der Waals surface area contributed by atoms with E-state index in [0.29, 0.717) is 6.04 Å². The highest BCUT2D eigenvalue weighted by Gasteiger charge is 2.33. The second-order valence-electron chi connectivity index (χ2n) is 5.08. The quantitative estimate of drug-likeness (QED) is 0.705. The van der Waals surface area contributed by atoms with E-state index in [0.717, 1.165) is 6.42 Å². The molecule has 0 spiro atoms. The van der Waals surface area contributed by atoms with Gasteiger partial charge in [-0.15, -0.1) is 0 Å². The van der Waals surface area contributed by atoms with Crippen LogP contribution in [-0.4, -0.2) is 18.0 Å². The molecule has 3 N–H and O–H groups in total. The molecule has 0 heterocycles. The smallest absolute Gasteiger partial charge is 0.236 e. The zero-order valence-electron chi connectivity index (χ0n) is 9.47. The summed E-state index contributed by atoms with van der Waals surface area (Å²) in [5.41, 5.74) is 5.75. The predicted molar refractivity (Wildman–Crippen MR) is 57.8 cm³/mol. The highest BCUT2D eigenvalue weighted by Crippen LogP contribution is 2.35. The van der Waals surface area contributed by atoms with Gasteiger partial charge in [-0.3, -0.25) is 4.79 Å². The van der Waals surface area contributed by atoms with Gasteiger partial charge < -0.3 is 11.1 Å². The van der Waals surface area contributed by atoms with Crippen LogP contribution in [-0.2, 0) is 4.79 Å². The number of carbonyl (C=O) groups excluding carboxylic acids is 1. The van der Waals surface area contributed by atoms with Crippen molar-refractivity contribution in [3.05, 3.63) is 0 Å². The lowest BCUT2D eigenvalue weighted by Gasteiger charge is -2.39. The third-order valence-electron chi connectivity index (χ3n) is 3.24. The van der Waals surface area contributed by atoms with Crippen LogP contribution in [0.25, 0.3) is 0 Å². The number of amides is 1. The summed E-state index contributed by atoms with van der Waals surface area (Å²) in [7, 11) is 0. The summed E-state index contributed by atoms with van der Waals surface area (Å²) in [5, 5.41) is 3.04. The molecule has 82 valence electrons. The molecule has 1 aliphatic carbocycles. The lowest BCUT2D eigenvalue weighted by molar-refractivity contribution is -0.123. The standard InChI is InChI=1S/C11H22N2O/c1-8(12)10(14)13-9-6-4-5-7-11(9,2)3/h8-9H,4-7,12H2,1-3H3,(H,13,14)/t8-,9?/m1/s1. The first kappa shape index (κ1) is 11.5. The van der Waals surface area contributed by atoms with Crippen LogP contribution >= 0.6 is 0 Å². The van der Waals surface area contributed by atoms with Gasteiger partial charge in [-0.05, 0) is 25.2 Å². The predicted octanol–water partition coefficient (Wildman–Crippen LogP) is 1.42. The average Bonchev–Trinajstić information content (AvgIpc) is 2.08. The van der Waals surface area contributed by atoms with Gasteiger partial charge in [0, 0.05) is 6.04 Å². The number of rotatable bonds is 2. The molecule has 0 radical (unpaired) electrons. The molecule has 0 aromatic heterocycles. The zero-order chi connectivity index (χ0) is 10.8. The number of nitrogens with one attached hydrogen (secondary N) is 1. The highest BCUT2D eigenvalue weighted by molar-refractivity contribution is 5.81. The molecule has 0 aromatic carbocycles. The van der Waals surface area contributed by atoms with Gasteiger partial charge in [0.05, 0.1) is 6.04 Å². The summed E-state index contributed by atoms with van der Waals surface area (Å²) in [6.07, 6.45) is 4.77. The summed E-state index contributed by atoms with van der Waals surface area (Å²) in [4.78, 5) is 11.5. The molecule has 0 aromatic rings. The van der Waals surface area contributed by atoms with Gasteiger partial charge in [0.15, 0.2) is 0 Å². The second kappa shape index (κ2) is 4.30. The molecule has 1 aliphatic rings. The SMILES string of the molecule is C[C@@H](N)C(=O)NC1CCCCC1(C)C. The Morgan fingerprint density at radius 1 is 1.50 bits per heavy atom. The van der Waals surface area contributed by atoms with Gasteiger partial charge in [-0.25, -0.2) is 0 Å². The fourth-order valence-electron chi connectivity index (χ4n) is 2.06. The fourth-order valence-corrected chi connectivity index (χ4v) is 2.06. The molecule has 14 heavy (non-hydrogen) atoms. The number of hydrogen-bond donors (Lipinski definition) is 2. The molecular formula is C11H22N2O. The van der Waals surface area contributed by atoms with Crippen molar-refractivity contribution in [2.45, 2.75) is 58.5 Å². The minimum absolute atomic E-state index is 0.0232. The van der Waals surface area contributed by atoms with E-state index in [1.807, 2.05) is 0 Å². The lowest BCUT2D eigenvalue weighted by Crippen LogP contribution is -2.51. The van der Waals surface area contributed by atoms with Crippen LogP contribution in [0.4, 0.5) is 0 Å². The Labute approximate surface area is 86.4 Å². The summed E-state index contributed by atoms with van der Waals surface area (Å²) >= 11 is 0. The summed E-state index contributed by atoms with van der Waals surface area (Å²) in [6.45, 7) is 6.17. The molecule has 1 saturated carbocycles. The number of hydrogen-bond acceptors (Lipinski definition) is 2. The molecule has 2 atom stereocenters. The number of nitrogens with two attached hydrogens (primary N) is 1. The van der Waals surface area contributed by atoms with Crippen LogP contribution in [0.3, 0.4) is 0 Å². The molecule has 0 aliphatic heterocycles. The largest absolute Gasteiger partial charge is 0.351 e. The van der Waals surface area contributed by atoms with Crippen molar-refractivity contribution in [2.24, 2.45) is 11.1 Å². The Kier molecular flexibility index (Phi) is 3.53. The monoisotopic (exact) mass is 198 g/mol. The van der Waals surface area contributed by atoms with Crippen molar-refractivity contribution in [1.29, 1.82) is 0 Å². The van der Waals surface area contributed by atoms with E-state index in [1.54, 1.807) is 6.92 Å². The van der Waals surface area contributed by atoms with Gasteiger partial charge in [0.2, 0.25) is 5.91 Å². The molecule has 3 heteroatoms. The average molecular weight is 198 g/mol. The lowest BCUT2D eigenvalue weighted by atomic mass is 9.73. The summed E-state index contributed by atoms with van der Waals surface area (Å²) < 4.78 is 0. The summed E-state index contributed by atoms with van der Waals surface area (Å²) in [6, 6.07) is -0.0949. The van der Waals surface area contributed by atoms with Crippen LogP contribution in [0.1, 0.15) is 46.5 Å². The van der Waals surface area contributed by atoms with E-state index >= 15 is 0 Å². The van der Waals surface area contributed by atoms with Crippen molar-refractivity contribution in [2.75, 3.05) is 0 Å². The zero-order valence-corrected chi connectivity index (χ0v) is 9.47. The normalized spacial score (nSPS) is 28.1. The second-order valence-corrected chi connectivity index (χ2v) is 5.08. The van der Waals surface area contributed by atoms with Crippen molar-refractivity contribution in [3.8, 4) is 0 Å². The molecule has 0 saturated heterocycles. The van der Waals surface area contributed by atoms with Gasteiger partial charge >= 0.3 is 0 Å². The Hall–Kier alpha value is -0.570. The van der Waals surface area contributed by atoms with E-state index in [-0.39, 0.29) is 11.3 Å². The van der Waals surface area contributed by atoms with Crippen LogP contribution in [0.5, 0.6) is 0 Å². The maximum atomic E-state index is 11.5. The van der Waals surface area contributed by atoms with Crippen LogP contribution in [0.15, 0.2) is 0 Å². The van der Waals surface area contributed by atoms with Crippen LogP contribution < -0.4 is 11.1 Å². The van der Waals surface area contributed by atoms with Crippen molar-refractivity contribution in [1.82, 2.24) is 5.32 Å². The molecule has 1 fully saturated rings. The van der Waals surface area contributed by atoms with E-state index in [1.165, 1.54) is 19.3 Å². The first-order valence-corrected chi connectivity index (χ1v) is 5.49. The number of carbonyl (C=O) groups is 1. The summed E-state index contributed by atoms with van der Waals surface area (Å²) in [5.74, 6) is -0.0232. The van der Waals surface area contributed by atoms with E-state index < -0.39 is 6.04 Å². The van der Waals surface area contributed by atoms with E-state index in [4.69, 9.17) is 5.73 Å². The Morgan fingerprint density at radius 3 is 2.64 bits per heavy atom. The first-order valence-electron chi connectivity index (χ1n) is 5.49. The van der Waals surface area contributed by atoms with Gasteiger partial charge in [0.25, 0.3) is 0 Å². The Balaban J connectivity index is 2.54. The molecule has 3 nitrogen and oxygen atoms in total. The molecule has 1 rings (SSSR count). The molecule has 1 unspecified atom stereocenters. The first-order chi connectivity index (χ1) is 6.43. The minimum atomic E-state index is -0.396. The maximum Gasteiger partial charge on any atom is 0.236 e. The molecular weight excluding hydrogens is 176 g/mol. The van der Waals surface area contributed by atoms with Crippen molar-refractivity contribution >= 4 is 5.91 Å². The molecule has 1 amide bonds. The Bertz CT molecular complexity index is 211. The third kappa shape index (κ3) is 2.71. The minimum Gasteiger partial charge on any atom is -0.351 e. The Morgan fingerprint density at radius 2 is 2.14 bits per heavy atom. The van der Waals surface area contributed by atoms with Gasteiger partial charge in [0.1, 0.15) is 0 Å². The van der Waals surface area contributed by atoms with Gasteiger partial charge in [-0.2, -0.15) is 0 Å². The fraction of sp³-hybridized carbons (Fsp3) is 0.909. The maximum absolute atomic E-state index is 11.5. The topological polar surface area (TPSA) is 55.1 Å². The van der Waals surface area contributed by atoms with Crippen molar-refractivity contribution < 1.29 is 4.79 Å². The van der Waals surface area contributed by atoms with E-state index in [2.05, 4.69) is 19.2 Å². The molecule has 0 bridgehead atoms. The third-order valence-corrected chi connectivity index (χ3v) is 3.24. The van der Waals surface area contributed by atoms with Crippen molar-refractivity contribution in [3.63, 3.8) is 0 Å².